The summed E-state index contributed by atoms with van der Waals surface area (Å²) in [6.07, 6.45) is -6.55. The molecule has 0 saturated carbocycles. The van der Waals surface area contributed by atoms with Gasteiger partial charge in [-0.05, 0) is 91.9 Å². The molecule has 324 valence electrons. The third-order valence-electron chi connectivity index (χ3n) is 10.4. The molecule has 1 aromatic heterocycles. The van der Waals surface area contributed by atoms with Crippen LogP contribution in [0.4, 0.5) is 22.0 Å². The van der Waals surface area contributed by atoms with E-state index in [1.807, 2.05) is 12.1 Å². The molecule has 0 radical (unpaired) electrons. The van der Waals surface area contributed by atoms with E-state index >= 15 is 0 Å². The first-order chi connectivity index (χ1) is 28.8. The van der Waals surface area contributed by atoms with Gasteiger partial charge in [-0.3, -0.25) is 9.59 Å². The van der Waals surface area contributed by atoms with E-state index in [0.717, 1.165) is 48.7 Å². The molecule has 0 aliphatic carbocycles. The standard InChI is InChI=1S/C40H38F5N3O3.C4H6O6/c1-46-20-4-6-32(46)25-51-33-18-19-34-36(22-33)48(31(21-37(34)49)17-14-29-5-3-7-35(41)39(29)42)24-38(50)47(2)23-26-8-10-27(11-9-26)28-12-15-30(16-13-28)40(43,44)45;5-1(3(7)8)2(6)4(9)10/h3,5,7-13,15-16,18-19,21-22,32H,4,6,14,17,20,23-25H2,1-2H3;1-2,5-6H,(H,7,8)(H,9,10). The number of nitrogens with zero attached hydrogens (tertiary/aromatic N) is 3. The van der Waals surface area contributed by atoms with Crippen molar-refractivity contribution in [3.63, 3.8) is 0 Å². The van der Waals surface area contributed by atoms with Gasteiger partial charge >= 0.3 is 18.1 Å². The van der Waals surface area contributed by atoms with Crippen molar-refractivity contribution >= 4 is 28.7 Å². The topological polar surface area (TPSA) is 170 Å². The fraction of sp³-hybridized carbons (Fsp3) is 0.318. The van der Waals surface area contributed by atoms with E-state index in [4.69, 9.17) is 25.2 Å². The van der Waals surface area contributed by atoms with E-state index in [0.29, 0.717) is 34.5 Å². The fourth-order valence-electron chi connectivity index (χ4n) is 6.82. The molecule has 1 amide bonds. The Labute approximate surface area is 346 Å². The number of aromatic nitrogens is 1. The van der Waals surface area contributed by atoms with Crippen LogP contribution in [0.2, 0.25) is 0 Å². The van der Waals surface area contributed by atoms with E-state index in [-0.39, 0.29) is 48.9 Å². The number of benzene rings is 4. The number of fused-ring (bicyclic) bond motifs is 1. The number of aliphatic hydroxyl groups is 2. The van der Waals surface area contributed by atoms with Crippen molar-refractivity contribution in [1.82, 2.24) is 14.4 Å². The number of amides is 1. The Bertz CT molecular complexity index is 2390. The largest absolute Gasteiger partial charge is 0.492 e. The maximum Gasteiger partial charge on any atom is 0.416 e. The van der Waals surface area contributed by atoms with Crippen LogP contribution in [0, 0.1) is 11.6 Å². The Balaban J connectivity index is 0.000000626. The van der Waals surface area contributed by atoms with Gasteiger partial charge in [0.2, 0.25) is 5.91 Å². The third-order valence-corrected chi connectivity index (χ3v) is 10.4. The lowest BCUT2D eigenvalue weighted by atomic mass is 10.0. The number of carbonyl (C=O) groups excluding carboxylic acids is 1. The zero-order valence-electron chi connectivity index (χ0n) is 33.1. The van der Waals surface area contributed by atoms with Gasteiger partial charge in [-0.25, -0.2) is 18.4 Å². The Morgan fingerprint density at radius 1 is 0.869 bits per heavy atom. The summed E-state index contributed by atoms with van der Waals surface area (Å²) in [6, 6.07) is 23.0. The molecule has 2 heterocycles. The molecular weight excluding hydrogens is 809 g/mol. The minimum Gasteiger partial charge on any atom is -0.492 e. The van der Waals surface area contributed by atoms with Crippen LogP contribution in [0.25, 0.3) is 22.0 Å². The highest BCUT2D eigenvalue weighted by Crippen LogP contribution is 2.31. The van der Waals surface area contributed by atoms with E-state index in [2.05, 4.69) is 11.9 Å². The molecule has 0 spiro atoms. The van der Waals surface area contributed by atoms with Crippen LogP contribution in [0.15, 0.2) is 95.8 Å². The quantitative estimate of drug-likeness (QED) is 0.101. The second-order valence-corrected chi connectivity index (χ2v) is 14.7. The molecule has 1 fully saturated rings. The summed E-state index contributed by atoms with van der Waals surface area (Å²) in [5.41, 5.74) is 2.35. The van der Waals surface area contributed by atoms with Gasteiger partial charge < -0.3 is 39.5 Å². The first kappa shape index (κ1) is 45.9. The van der Waals surface area contributed by atoms with Crippen molar-refractivity contribution in [3.8, 4) is 16.9 Å². The molecule has 61 heavy (non-hydrogen) atoms. The van der Waals surface area contributed by atoms with Gasteiger partial charge in [0.05, 0.1) is 11.1 Å². The van der Waals surface area contributed by atoms with Crippen molar-refractivity contribution in [2.24, 2.45) is 0 Å². The molecule has 4 N–H and O–H groups in total. The molecule has 6 rings (SSSR count). The van der Waals surface area contributed by atoms with Crippen molar-refractivity contribution in [2.45, 2.75) is 63.2 Å². The number of aryl methyl sites for hydroxylation is 2. The van der Waals surface area contributed by atoms with Gasteiger partial charge in [-0.1, -0.05) is 48.5 Å². The Kier molecular flexibility index (Phi) is 15.0. The highest BCUT2D eigenvalue weighted by atomic mass is 19.4. The molecular formula is C44H44F5N3O9. The maximum atomic E-state index is 14.6. The number of pyridine rings is 1. The van der Waals surface area contributed by atoms with Gasteiger partial charge in [0.25, 0.3) is 0 Å². The third kappa shape index (κ3) is 11.8. The summed E-state index contributed by atoms with van der Waals surface area (Å²) in [5, 5.41) is 32.9. The Hall–Kier alpha value is -6.17. The van der Waals surface area contributed by atoms with E-state index < -0.39 is 47.5 Å². The van der Waals surface area contributed by atoms with Crippen LogP contribution in [0.3, 0.4) is 0 Å². The van der Waals surface area contributed by atoms with Crippen molar-refractivity contribution in [2.75, 3.05) is 27.2 Å². The number of rotatable bonds is 14. The van der Waals surface area contributed by atoms with E-state index in [1.165, 1.54) is 30.3 Å². The number of carboxylic acid groups (broad SMARTS) is 2. The minimum absolute atomic E-state index is 0.105. The zero-order chi connectivity index (χ0) is 44.6. The predicted molar refractivity (Wildman–Crippen MR) is 214 cm³/mol. The SMILES string of the molecule is CN(Cc1ccc(-c2ccc(C(F)(F)F)cc2)cc1)C(=O)Cn1c(CCc2cccc(F)c2F)cc(=O)c2ccc(OCC3CCCN3C)cc21.O=C(O)C(O)C(O)C(=O)O. The Morgan fingerprint density at radius 3 is 2.07 bits per heavy atom. The number of carbonyl (C=O) groups is 3. The summed E-state index contributed by atoms with van der Waals surface area (Å²) in [5.74, 6) is -5.14. The lowest BCUT2D eigenvalue weighted by molar-refractivity contribution is -0.165. The molecule has 3 atom stereocenters. The van der Waals surface area contributed by atoms with E-state index in [9.17, 15) is 41.1 Å². The molecule has 5 aromatic rings. The van der Waals surface area contributed by atoms with Crippen molar-refractivity contribution in [3.05, 3.63) is 135 Å². The molecule has 3 unspecified atom stereocenters. The van der Waals surface area contributed by atoms with Gasteiger partial charge in [0, 0.05) is 42.8 Å². The number of carboxylic acids is 2. The van der Waals surface area contributed by atoms with Crippen LogP contribution in [-0.2, 0) is 46.5 Å². The van der Waals surface area contributed by atoms with Gasteiger partial charge in [-0.2, -0.15) is 13.2 Å². The number of alkyl halides is 3. The normalized spacial score (nSPS) is 15.1. The highest BCUT2D eigenvalue weighted by molar-refractivity contribution is 5.84. The van der Waals surface area contributed by atoms with Gasteiger partial charge in [0.15, 0.2) is 29.3 Å². The van der Waals surface area contributed by atoms with Crippen LogP contribution < -0.4 is 10.2 Å². The average molecular weight is 854 g/mol. The molecule has 4 aromatic carbocycles. The predicted octanol–water partition coefficient (Wildman–Crippen LogP) is 5.76. The van der Waals surface area contributed by atoms with Crippen LogP contribution in [-0.4, -0.2) is 98.1 Å². The second-order valence-electron chi connectivity index (χ2n) is 14.7. The first-order valence-electron chi connectivity index (χ1n) is 19.1. The van der Waals surface area contributed by atoms with Crippen molar-refractivity contribution in [1.29, 1.82) is 0 Å². The number of ether oxygens (including phenoxy) is 1. The average Bonchev–Trinajstić information content (AvgIpc) is 3.65. The van der Waals surface area contributed by atoms with Crippen LogP contribution >= 0.6 is 0 Å². The monoisotopic (exact) mass is 853 g/mol. The zero-order valence-corrected chi connectivity index (χ0v) is 33.1. The number of aliphatic hydroxyl groups excluding tert-OH is 2. The highest BCUT2D eigenvalue weighted by Gasteiger charge is 2.30. The Morgan fingerprint density at radius 2 is 1.49 bits per heavy atom. The molecule has 0 bridgehead atoms. The molecule has 1 saturated heterocycles. The van der Waals surface area contributed by atoms with Gasteiger partial charge in [0.1, 0.15) is 18.9 Å². The molecule has 12 nitrogen and oxygen atoms in total. The number of aliphatic carboxylic acids is 2. The number of likely N-dealkylation sites (tertiary alicyclic amines) is 1. The number of hydrogen-bond acceptors (Lipinski definition) is 8. The summed E-state index contributed by atoms with van der Waals surface area (Å²) in [7, 11) is 3.72. The first-order valence-corrected chi connectivity index (χ1v) is 19.1. The smallest absolute Gasteiger partial charge is 0.416 e. The molecule has 1 aliphatic heterocycles. The van der Waals surface area contributed by atoms with E-state index in [1.54, 1.807) is 46.8 Å². The molecule has 1 aliphatic rings. The summed E-state index contributed by atoms with van der Waals surface area (Å²) in [4.78, 5) is 50.4. The summed E-state index contributed by atoms with van der Waals surface area (Å²) < 4.78 is 75.4. The molecule has 17 heteroatoms. The lowest BCUT2D eigenvalue weighted by Gasteiger charge is -2.23. The lowest BCUT2D eigenvalue weighted by Crippen LogP contribution is -2.39. The minimum atomic E-state index is -4.41. The summed E-state index contributed by atoms with van der Waals surface area (Å²) in [6.45, 7) is 1.59. The second kappa shape index (κ2) is 19.9. The van der Waals surface area contributed by atoms with Crippen LogP contribution in [0.1, 0.15) is 35.2 Å². The fourth-order valence-corrected chi connectivity index (χ4v) is 6.82. The summed E-state index contributed by atoms with van der Waals surface area (Å²) >= 11 is 0. The maximum absolute atomic E-state index is 14.6. The number of halogens is 5. The van der Waals surface area contributed by atoms with Gasteiger partial charge in [-0.15, -0.1) is 0 Å². The van der Waals surface area contributed by atoms with Crippen molar-refractivity contribution < 1.29 is 61.5 Å². The number of likely N-dealkylation sites (N-methyl/N-ethyl adjacent to an activating group) is 2. The number of hydrogen-bond donors (Lipinski definition) is 4. The van der Waals surface area contributed by atoms with Crippen LogP contribution in [0.5, 0.6) is 5.75 Å².